The number of carbonyl (C=O) groups excluding carboxylic acids is 1. The Morgan fingerprint density at radius 3 is 3.06 bits per heavy atom. The fraction of sp³-hybridized carbons (Fsp3) is 0.167. The molecule has 2 aromatic rings. The van der Waals surface area contributed by atoms with Crippen LogP contribution in [0.15, 0.2) is 41.1 Å². The Morgan fingerprint density at radius 1 is 1.47 bits per heavy atom. The molecule has 0 atom stereocenters. The molecule has 2 rings (SSSR count). The van der Waals surface area contributed by atoms with Gasteiger partial charge in [0.15, 0.2) is 0 Å². The fourth-order valence-corrected chi connectivity index (χ4v) is 1.93. The maximum atomic E-state index is 11.6. The summed E-state index contributed by atoms with van der Waals surface area (Å²) in [5.41, 5.74) is 1.13. The molecule has 17 heavy (non-hydrogen) atoms. The van der Waals surface area contributed by atoms with E-state index in [1.54, 1.807) is 12.4 Å². The largest absolute Gasteiger partial charge is 0.331 e. The maximum absolute atomic E-state index is 11.6. The number of carbonyl (C=O) groups is 1. The number of aromatic amines is 1. The van der Waals surface area contributed by atoms with Gasteiger partial charge in [0, 0.05) is 23.3 Å². The summed E-state index contributed by atoms with van der Waals surface area (Å²) >= 11 is 3.40. The molecule has 0 bridgehead atoms. The number of imidazole rings is 1. The molecule has 0 aliphatic rings. The molecular weight excluding hydrogens is 282 g/mol. The monoisotopic (exact) mass is 293 g/mol. The minimum absolute atomic E-state index is 0.0417. The van der Waals surface area contributed by atoms with Crippen molar-refractivity contribution in [2.45, 2.75) is 12.8 Å². The fourth-order valence-electron chi connectivity index (χ4n) is 1.48. The van der Waals surface area contributed by atoms with Crippen LogP contribution in [-0.2, 0) is 11.2 Å². The second-order valence-electron chi connectivity index (χ2n) is 3.62. The van der Waals surface area contributed by atoms with Crippen LogP contribution < -0.4 is 5.32 Å². The Kier molecular flexibility index (Phi) is 3.93. The average Bonchev–Trinajstić information content (AvgIpc) is 2.79. The molecule has 0 unspecified atom stereocenters. The maximum Gasteiger partial charge on any atom is 0.227 e. The van der Waals surface area contributed by atoms with E-state index in [0.29, 0.717) is 18.8 Å². The standard InChI is InChI=1S/C12H12BrN3O/c13-10-3-1-2-9(8-10)4-5-11(17)16-12-14-6-7-15-12/h1-3,6-8H,4-5H2,(H2,14,15,16,17). The molecule has 88 valence electrons. The zero-order valence-corrected chi connectivity index (χ0v) is 10.7. The van der Waals surface area contributed by atoms with Gasteiger partial charge in [-0.15, -0.1) is 0 Å². The van der Waals surface area contributed by atoms with E-state index < -0.39 is 0 Å². The van der Waals surface area contributed by atoms with E-state index in [2.05, 4.69) is 31.2 Å². The lowest BCUT2D eigenvalue weighted by Crippen LogP contribution is -2.13. The van der Waals surface area contributed by atoms with Crippen molar-refractivity contribution in [3.8, 4) is 0 Å². The molecular formula is C12H12BrN3O. The molecule has 0 saturated heterocycles. The van der Waals surface area contributed by atoms with E-state index in [4.69, 9.17) is 0 Å². The normalized spacial score (nSPS) is 10.2. The van der Waals surface area contributed by atoms with Crippen molar-refractivity contribution in [3.63, 3.8) is 0 Å². The third-order valence-electron chi connectivity index (χ3n) is 2.29. The van der Waals surface area contributed by atoms with E-state index >= 15 is 0 Å². The summed E-state index contributed by atoms with van der Waals surface area (Å²) in [7, 11) is 0. The highest BCUT2D eigenvalue weighted by Crippen LogP contribution is 2.13. The van der Waals surface area contributed by atoms with Crippen molar-refractivity contribution in [1.82, 2.24) is 9.97 Å². The highest BCUT2D eigenvalue weighted by atomic mass is 79.9. The van der Waals surface area contributed by atoms with Crippen LogP contribution in [0.25, 0.3) is 0 Å². The second kappa shape index (κ2) is 5.63. The van der Waals surface area contributed by atoms with Crippen molar-refractivity contribution in [3.05, 3.63) is 46.7 Å². The minimum Gasteiger partial charge on any atom is -0.331 e. The van der Waals surface area contributed by atoms with Crippen molar-refractivity contribution in [2.24, 2.45) is 0 Å². The Labute approximate surface area is 108 Å². The predicted molar refractivity (Wildman–Crippen MR) is 69.7 cm³/mol. The molecule has 0 aliphatic carbocycles. The zero-order valence-electron chi connectivity index (χ0n) is 9.11. The lowest BCUT2D eigenvalue weighted by atomic mass is 10.1. The van der Waals surface area contributed by atoms with Crippen LogP contribution in [0, 0.1) is 0 Å². The molecule has 2 N–H and O–H groups in total. The summed E-state index contributed by atoms with van der Waals surface area (Å²) in [6.45, 7) is 0. The minimum atomic E-state index is -0.0417. The summed E-state index contributed by atoms with van der Waals surface area (Å²) < 4.78 is 1.03. The quantitative estimate of drug-likeness (QED) is 0.911. The van der Waals surface area contributed by atoms with Gasteiger partial charge in [-0.1, -0.05) is 28.1 Å². The van der Waals surface area contributed by atoms with Crippen molar-refractivity contribution in [2.75, 3.05) is 5.32 Å². The Hall–Kier alpha value is -1.62. The van der Waals surface area contributed by atoms with Gasteiger partial charge >= 0.3 is 0 Å². The number of nitrogens with one attached hydrogen (secondary N) is 2. The Bertz CT molecular complexity index is 496. The number of aryl methyl sites for hydroxylation is 1. The summed E-state index contributed by atoms with van der Waals surface area (Å²) in [5.74, 6) is 0.448. The molecule has 1 amide bonds. The molecule has 5 heteroatoms. The van der Waals surface area contributed by atoms with Crippen LogP contribution in [0.5, 0.6) is 0 Å². The van der Waals surface area contributed by atoms with Gasteiger partial charge < -0.3 is 4.98 Å². The van der Waals surface area contributed by atoms with E-state index in [0.717, 1.165) is 10.0 Å². The van der Waals surface area contributed by atoms with Crippen LogP contribution in [0.2, 0.25) is 0 Å². The molecule has 4 nitrogen and oxygen atoms in total. The van der Waals surface area contributed by atoms with Gasteiger partial charge in [-0.2, -0.15) is 0 Å². The van der Waals surface area contributed by atoms with Gasteiger partial charge in [-0.05, 0) is 24.1 Å². The van der Waals surface area contributed by atoms with E-state index in [1.807, 2.05) is 24.3 Å². The number of amides is 1. The SMILES string of the molecule is O=C(CCc1cccc(Br)c1)Nc1ncc[nH]1. The molecule has 1 aromatic carbocycles. The highest BCUT2D eigenvalue weighted by Gasteiger charge is 2.04. The molecule has 1 heterocycles. The summed E-state index contributed by atoms with van der Waals surface area (Å²) in [4.78, 5) is 18.3. The lowest BCUT2D eigenvalue weighted by Gasteiger charge is -2.02. The number of halogens is 1. The van der Waals surface area contributed by atoms with Crippen molar-refractivity contribution < 1.29 is 4.79 Å². The van der Waals surface area contributed by atoms with E-state index in [9.17, 15) is 4.79 Å². The number of benzene rings is 1. The molecule has 0 saturated carbocycles. The zero-order chi connectivity index (χ0) is 12.1. The molecule has 0 aliphatic heterocycles. The van der Waals surface area contributed by atoms with Gasteiger partial charge in [0.1, 0.15) is 0 Å². The number of anilines is 1. The van der Waals surface area contributed by atoms with Crippen molar-refractivity contribution in [1.29, 1.82) is 0 Å². The Balaban J connectivity index is 1.84. The third kappa shape index (κ3) is 3.71. The van der Waals surface area contributed by atoms with Crippen LogP contribution >= 0.6 is 15.9 Å². The second-order valence-corrected chi connectivity index (χ2v) is 4.53. The van der Waals surface area contributed by atoms with E-state index in [-0.39, 0.29) is 5.91 Å². The van der Waals surface area contributed by atoms with Gasteiger partial charge in [0.05, 0.1) is 0 Å². The Morgan fingerprint density at radius 2 is 2.35 bits per heavy atom. The molecule has 1 aromatic heterocycles. The first-order chi connectivity index (χ1) is 8.24. The number of nitrogens with zero attached hydrogens (tertiary/aromatic N) is 1. The summed E-state index contributed by atoms with van der Waals surface area (Å²) in [6, 6.07) is 7.95. The van der Waals surface area contributed by atoms with Gasteiger partial charge in [-0.25, -0.2) is 4.98 Å². The average molecular weight is 294 g/mol. The van der Waals surface area contributed by atoms with Crippen LogP contribution in [0.3, 0.4) is 0 Å². The predicted octanol–water partition coefficient (Wildman–Crippen LogP) is 2.74. The van der Waals surface area contributed by atoms with Crippen LogP contribution in [0.1, 0.15) is 12.0 Å². The number of H-pyrrole nitrogens is 1. The number of aromatic nitrogens is 2. The number of hydrogen-bond acceptors (Lipinski definition) is 2. The number of rotatable bonds is 4. The number of hydrogen-bond donors (Lipinski definition) is 2. The first-order valence-corrected chi connectivity index (χ1v) is 6.07. The van der Waals surface area contributed by atoms with Crippen molar-refractivity contribution >= 4 is 27.8 Å². The first kappa shape index (κ1) is 11.9. The molecule has 0 fully saturated rings. The highest BCUT2D eigenvalue weighted by molar-refractivity contribution is 9.10. The molecule has 0 spiro atoms. The van der Waals surface area contributed by atoms with Crippen LogP contribution in [-0.4, -0.2) is 15.9 Å². The smallest absolute Gasteiger partial charge is 0.227 e. The first-order valence-electron chi connectivity index (χ1n) is 5.28. The third-order valence-corrected chi connectivity index (χ3v) is 2.78. The van der Waals surface area contributed by atoms with Crippen LogP contribution in [0.4, 0.5) is 5.95 Å². The summed E-state index contributed by atoms with van der Waals surface area (Å²) in [5, 5.41) is 2.69. The molecule has 0 radical (unpaired) electrons. The van der Waals surface area contributed by atoms with Gasteiger partial charge in [0.2, 0.25) is 11.9 Å². The van der Waals surface area contributed by atoms with Gasteiger partial charge in [0.25, 0.3) is 0 Å². The summed E-state index contributed by atoms with van der Waals surface area (Å²) in [6.07, 6.45) is 4.43. The lowest BCUT2D eigenvalue weighted by molar-refractivity contribution is -0.116. The van der Waals surface area contributed by atoms with Gasteiger partial charge in [-0.3, -0.25) is 10.1 Å². The topological polar surface area (TPSA) is 57.8 Å². The van der Waals surface area contributed by atoms with E-state index in [1.165, 1.54) is 0 Å².